The first-order valence-electron chi connectivity index (χ1n) is 5.48. The molecule has 17 heavy (non-hydrogen) atoms. The standard InChI is InChI=1S/C12H17F2NO2/c1-9(10-3-2-4-11(16)7-10)15-5-6-17-8-12(13)14/h2-4,7,9,12,15-16H,5-6,8H2,1H3. The van der Waals surface area contributed by atoms with Crippen molar-refractivity contribution in [2.75, 3.05) is 19.8 Å². The molecular weight excluding hydrogens is 228 g/mol. The summed E-state index contributed by atoms with van der Waals surface area (Å²) in [6.07, 6.45) is -2.42. The molecule has 0 aromatic heterocycles. The second kappa shape index (κ2) is 7.19. The van der Waals surface area contributed by atoms with Crippen LogP contribution in [-0.4, -0.2) is 31.3 Å². The molecule has 1 rings (SSSR count). The van der Waals surface area contributed by atoms with E-state index in [9.17, 15) is 13.9 Å². The number of hydrogen-bond acceptors (Lipinski definition) is 3. The van der Waals surface area contributed by atoms with E-state index in [0.717, 1.165) is 5.56 Å². The van der Waals surface area contributed by atoms with Gasteiger partial charge < -0.3 is 15.2 Å². The number of phenolic OH excluding ortho intramolecular Hbond substituents is 1. The molecule has 0 spiro atoms. The molecule has 0 amide bonds. The Balaban J connectivity index is 2.23. The van der Waals surface area contributed by atoms with Crippen LogP contribution in [0.25, 0.3) is 0 Å². The molecule has 0 radical (unpaired) electrons. The smallest absolute Gasteiger partial charge is 0.261 e. The average Bonchev–Trinajstić information content (AvgIpc) is 2.28. The van der Waals surface area contributed by atoms with Gasteiger partial charge in [-0.3, -0.25) is 0 Å². The molecule has 0 fully saturated rings. The van der Waals surface area contributed by atoms with E-state index in [4.69, 9.17) is 4.74 Å². The summed E-state index contributed by atoms with van der Waals surface area (Å²) in [6.45, 7) is 2.14. The Hall–Kier alpha value is -1.20. The zero-order valence-corrected chi connectivity index (χ0v) is 9.70. The zero-order chi connectivity index (χ0) is 12.7. The zero-order valence-electron chi connectivity index (χ0n) is 9.70. The number of alkyl halides is 2. The number of aromatic hydroxyl groups is 1. The van der Waals surface area contributed by atoms with Gasteiger partial charge in [-0.05, 0) is 24.6 Å². The van der Waals surface area contributed by atoms with Crippen molar-refractivity contribution in [2.24, 2.45) is 0 Å². The van der Waals surface area contributed by atoms with Crippen molar-refractivity contribution in [3.8, 4) is 5.75 Å². The molecule has 96 valence electrons. The van der Waals surface area contributed by atoms with Gasteiger partial charge in [-0.2, -0.15) is 0 Å². The van der Waals surface area contributed by atoms with Gasteiger partial charge in [-0.1, -0.05) is 12.1 Å². The molecule has 1 aromatic carbocycles. The van der Waals surface area contributed by atoms with E-state index in [1.165, 1.54) is 0 Å². The molecular formula is C12H17F2NO2. The summed E-state index contributed by atoms with van der Waals surface area (Å²) in [5.74, 6) is 0.213. The molecule has 2 N–H and O–H groups in total. The molecule has 1 unspecified atom stereocenters. The fraction of sp³-hybridized carbons (Fsp3) is 0.500. The first-order valence-corrected chi connectivity index (χ1v) is 5.48. The molecule has 0 saturated heterocycles. The van der Waals surface area contributed by atoms with Gasteiger partial charge in [0.25, 0.3) is 6.43 Å². The van der Waals surface area contributed by atoms with E-state index in [0.29, 0.717) is 6.54 Å². The van der Waals surface area contributed by atoms with Gasteiger partial charge in [-0.15, -0.1) is 0 Å². The number of hydrogen-bond donors (Lipinski definition) is 2. The van der Waals surface area contributed by atoms with E-state index in [1.807, 2.05) is 13.0 Å². The number of halogens is 2. The molecule has 5 heteroatoms. The Kier molecular flexibility index (Phi) is 5.86. The summed E-state index contributed by atoms with van der Waals surface area (Å²) >= 11 is 0. The lowest BCUT2D eigenvalue weighted by molar-refractivity contribution is 0.0183. The van der Waals surface area contributed by atoms with Crippen LogP contribution in [0.3, 0.4) is 0 Å². The minimum atomic E-state index is -2.42. The van der Waals surface area contributed by atoms with Gasteiger partial charge in [0.2, 0.25) is 0 Å². The molecule has 0 aliphatic heterocycles. The molecule has 0 saturated carbocycles. The normalized spacial score (nSPS) is 12.9. The van der Waals surface area contributed by atoms with Crippen LogP contribution >= 0.6 is 0 Å². The van der Waals surface area contributed by atoms with Gasteiger partial charge in [0.15, 0.2) is 0 Å². The molecule has 0 heterocycles. The maximum absolute atomic E-state index is 11.8. The third-order valence-corrected chi connectivity index (χ3v) is 2.31. The maximum Gasteiger partial charge on any atom is 0.261 e. The van der Waals surface area contributed by atoms with Gasteiger partial charge >= 0.3 is 0 Å². The lowest BCUT2D eigenvalue weighted by Gasteiger charge is -2.14. The number of benzene rings is 1. The Morgan fingerprint density at radius 2 is 2.18 bits per heavy atom. The summed E-state index contributed by atoms with van der Waals surface area (Å²) in [7, 11) is 0. The largest absolute Gasteiger partial charge is 0.508 e. The predicted octanol–water partition coefficient (Wildman–Crippen LogP) is 2.32. The van der Waals surface area contributed by atoms with Crippen LogP contribution in [0.5, 0.6) is 5.75 Å². The molecule has 1 atom stereocenters. The number of rotatable bonds is 7. The number of nitrogens with one attached hydrogen (secondary N) is 1. The summed E-state index contributed by atoms with van der Waals surface area (Å²) in [6, 6.07) is 6.95. The third kappa shape index (κ3) is 5.60. The fourth-order valence-electron chi connectivity index (χ4n) is 1.43. The minimum Gasteiger partial charge on any atom is -0.508 e. The fourth-order valence-corrected chi connectivity index (χ4v) is 1.43. The van der Waals surface area contributed by atoms with Gasteiger partial charge in [0, 0.05) is 12.6 Å². The summed E-state index contributed by atoms with van der Waals surface area (Å²) < 4.78 is 28.3. The highest BCUT2D eigenvalue weighted by Crippen LogP contribution is 2.17. The molecule has 0 bridgehead atoms. The second-order valence-corrected chi connectivity index (χ2v) is 3.74. The van der Waals surface area contributed by atoms with Gasteiger partial charge in [0.1, 0.15) is 12.4 Å². The lowest BCUT2D eigenvalue weighted by Crippen LogP contribution is -2.24. The van der Waals surface area contributed by atoms with Crippen LogP contribution in [0, 0.1) is 0 Å². The van der Waals surface area contributed by atoms with Crippen LogP contribution in [-0.2, 0) is 4.74 Å². The summed E-state index contributed by atoms with van der Waals surface area (Å²) in [5, 5.41) is 12.4. The molecule has 0 aliphatic rings. The summed E-state index contributed by atoms with van der Waals surface area (Å²) in [4.78, 5) is 0. The van der Waals surface area contributed by atoms with Crippen LogP contribution in [0.4, 0.5) is 8.78 Å². The first kappa shape index (κ1) is 13.9. The van der Waals surface area contributed by atoms with E-state index in [1.54, 1.807) is 18.2 Å². The quantitative estimate of drug-likeness (QED) is 0.724. The van der Waals surface area contributed by atoms with Crippen molar-refractivity contribution in [3.63, 3.8) is 0 Å². The highest BCUT2D eigenvalue weighted by molar-refractivity contribution is 5.28. The lowest BCUT2D eigenvalue weighted by atomic mass is 10.1. The summed E-state index contributed by atoms with van der Waals surface area (Å²) in [5.41, 5.74) is 0.943. The Morgan fingerprint density at radius 3 is 2.82 bits per heavy atom. The Bertz CT molecular complexity index is 334. The van der Waals surface area contributed by atoms with Gasteiger partial charge in [-0.25, -0.2) is 8.78 Å². The van der Waals surface area contributed by atoms with Crippen molar-refractivity contribution in [1.29, 1.82) is 0 Å². The van der Waals surface area contributed by atoms with E-state index >= 15 is 0 Å². The highest BCUT2D eigenvalue weighted by atomic mass is 19.3. The molecule has 0 aliphatic carbocycles. The van der Waals surface area contributed by atoms with Crippen molar-refractivity contribution in [2.45, 2.75) is 19.4 Å². The van der Waals surface area contributed by atoms with E-state index in [2.05, 4.69) is 5.32 Å². The highest BCUT2D eigenvalue weighted by Gasteiger charge is 2.05. The van der Waals surface area contributed by atoms with Crippen LogP contribution in [0.15, 0.2) is 24.3 Å². The number of ether oxygens (including phenoxy) is 1. The minimum absolute atomic E-state index is 0.0391. The van der Waals surface area contributed by atoms with Crippen molar-refractivity contribution in [1.82, 2.24) is 5.32 Å². The number of phenols is 1. The van der Waals surface area contributed by atoms with Crippen LogP contribution in [0.2, 0.25) is 0 Å². The predicted molar refractivity (Wildman–Crippen MR) is 61.3 cm³/mol. The average molecular weight is 245 g/mol. The third-order valence-electron chi connectivity index (χ3n) is 2.31. The molecule has 1 aromatic rings. The van der Waals surface area contributed by atoms with Gasteiger partial charge in [0.05, 0.1) is 6.61 Å². The van der Waals surface area contributed by atoms with Crippen molar-refractivity contribution >= 4 is 0 Å². The van der Waals surface area contributed by atoms with E-state index < -0.39 is 13.0 Å². The second-order valence-electron chi connectivity index (χ2n) is 3.74. The Labute approximate surface area is 99.4 Å². The SMILES string of the molecule is CC(NCCOCC(F)F)c1cccc(O)c1. The monoisotopic (exact) mass is 245 g/mol. The first-order chi connectivity index (χ1) is 8.09. The van der Waals surface area contributed by atoms with Crippen LogP contribution in [0.1, 0.15) is 18.5 Å². The van der Waals surface area contributed by atoms with Crippen molar-refractivity contribution < 1.29 is 18.6 Å². The van der Waals surface area contributed by atoms with E-state index in [-0.39, 0.29) is 18.4 Å². The topological polar surface area (TPSA) is 41.5 Å². The molecule has 3 nitrogen and oxygen atoms in total. The van der Waals surface area contributed by atoms with Crippen LogP contribution < -0.4 is 5.32 Å². The maximum atomic E-state index is 11.8. The Morgan fingerprint density at radius 1 is 1.41 bits per heavy atom. The van der Waals surface area contributed by atoms with Crippen molar-refractivity contribution in [3.05, 3.63) is 29.8 Å².